The Bertz CT molecular complexity index is 1180. The van der Waals surface area contributed by atoms with Crippen LogP contribution in [0.5, 0.6) is 0 Å². The molecule has 0 unspecified atom stereocenters. The second-order valence-electron chi connectivity index (χ2n) is 7.18. The monoisotopic (exact) mass is 436 g/mol. The molecule has 0 spiro atoms. The van der Waals surface area contributed by atoms with E-state index in [-0.39, 0.29) is 0 Å². The van der Waals surface area contributed by atoms with Gasteiger partial charge in [0.25, 0.3) is 0 Å². The number of amides is 1. The normalized spacial score (nSPS) is 15.0. The quantitative estimate of drug-likeness (QED) is 0.517. The molecule has 0 atom stereocenters. The van der Waals surface area contributed by atoms with Gasteiger partial charge in [-0.15, -0.1) is 22.7 Å². The number of primary amides is 1. The lowest BCUT2D eigenvalue weighted by atomic mass is 10.1. The van der Waals surface area contributed by atoms with E-state index in [1.165, 1.54) is 0 Å². The lowest BCUT2D eigenvalue weighted by Crippen LogP contribution is -2.46. The highest BCUT2D eigenvalue weighted by Crippen LogP contribution is 2.29. The van der Waals surface area contributed by atoms with E-state index >= 15 is 0 Å². The van der Waals surface area contributed by atoms with Gasteiger partial charge in [-0.05, 0) is 23.6 Å². The van der Waals surface area contributed by atoms with Gasteiger partial charge in [-0.2, -0.15) is 0 Å². The van der Waals surface area contributed by atoms with E-state index in [9.17, 15) is 4.79 Å². The third kappa shape index (κ3) is 3.79. The van der Waals surface area contributed by atoms with E-state index < -0.39 is 5.91 Å². The minimum atomic E-state index is -0.415. The molecule has 1 aliphatic rings. The summed E-state index contributed by atoms with van der Waals surface area (Å²) >= 11 is 3.32. The van der Waals surface area contributed by atoms with Gasteiger partial charge in [0.2, 0.25) is 5.91 Å². The number of carbonyl (C=O) groups excluding carboxylic acids is 1. The van der Waals surface area contributed by atoms with Crippen LogP contribution in [-0.2, 0) is 6.54 Å². The molecule has 0 radical (unpaired) electrons. The third-order valence-electron chi connectivity index (χ3n) is 5.25. The van der Waals surface area contributed by atoms with Gasteiger partial charge in [0, 0.05) is 49.2 Å². The van der Waals surface area contributed by atoms with E-state index in [1.54, 1.807) is 41.1 Å². The number of benzene rings is 1. The predicted molar refractivity (Wildman–Crippen MR) is 121 cm³/mol. The van der Waals surface area contributed by atoms with E-state index in [4.69, 9.17) is 10.7 Å². The first-order chi connectivity index (χ1) is 14.7. The van der Waals surface area contributed by atoms with Crippen LogP contribution >= 0.6 is 22.7 Å². The molecule has 1 aromatic carbocycles. The van der Waals surface area contributed by atoms with Gasteiger partial charge in [-0.3, -0.25) is 9.69 Å². The van der Waals surface area contributed by atoms with Crippen LogP contribution in [-0.4, -0.2) is 51.9 Å². The second-order valence-corrected chi connectivity index (χ2v) is 8.96. The number of piperazine rings is 1. The Labute approximate surface area is 181 Å². The zero-order chi connectivity index (χ0) is 20.5. The molecule has 1 amide bonds. The predicted octanol–water partition coefficient (Wildman–Crippen LogP) is 3.24. The topological polar surface area (TPSA) is 88.2 Å². The number of hydrogen-bond acceptors (Lipinski definition) is 8. The van der Waals surface area contributed by atoms with Crippen molar-refractivity contribution in [1.82, 2.24) is 19.9 Å². The summed E-state index contributed by atoms with van der Waals surface area (Å²) in [6, 6.07) is 9.33. The fourth-order valence-electron chi connectivity index (χ4n) is 3.64. The van der Waals surface area contributed by atoms with E-state index in [2.05, 4.69) is 30.5 Å². The molecule has 0 bridgehead atoms. The zero-order valence-corrected chi connectivity index (χ0v) is 17.8. The maximum atomic E-state index is 11.2. The summed E-state index contributed by atoms with van der Waals surface area (Å²) in [5.74, 6) is 0.632. The van der Waals surface area contributed by atoms with Crippen molar-refractivity contribution >= 4 is 44.6 Å². The summed E-state index contributed by atoms with van der Waals surface area (Å²) in [5, 5.41) is 5.14. The number of carbonyl (C=O) groups is 1. The molecule has 9 heteroatoms. The average molecular weight is 437 g/mol. The Kier molecular flexibility index (Phi) is 5.16. The van der Waals surface area contributed by atoms with Crippen LogP contribution < -0.4 is 10.6 Å². The number of hydrogen-bond donors (Lipinski definition) is 1. The van der Waals surface area contributed by atoms with Crippen LogP contribution in [0.25, 0.3) is 20.8 Å². The molecule has 0 saturated carbocycles. The first-order valence-electron chi connectivity index (χ1n) is 9.67. The first kappa shape index (κ1) is 19.1. The molecule has 2 N–H and O–H groups in total. The SMILES string of the molecule is NC(=O)c1ccc(-c2nc(CN3CCN(c4ncnc5ccsc45)CC3)cs2)cc1. The maximum absolute atomic E-state index is 11.2. The van der Waals surface area contributed by atoms with Crippen LogP contribution in [0.3, 0.4) is 0 Å². The van der Waals surface area contributed by atoms with Crippen molar-refractivity contribution in [1.29, 1.82) is 0 Å². The number of nitrogens with two attached hydrogens (primary N) is 1. The van der Waals surface area contributed by atoms with Crippen LogP contribution in [0, 0.1) is 0 Å². The summed E-state index contributed by atoms with van der Waals surface area (Å²) in [5.41, 5.74) is 8.92. The Morgan fingerprint density at radius 3 is 2.60 bits per heavy atom. The third-order valence-corrected chi connectivity index (χ3v) is 7.09. The fourth-order valence-corrected chi connectivity index (χ4v) is 5.32. The highest BCUT2D eigenvalue weighted by molar-refractivity contribution is 7.17. The van der Waals surface area contributed by atoms with Gasteiger partial charge in [0.05, 0.1) is 15.9 Å². The average Bonchev–Trinajstić information content (AvgIpc) is 3.44. The Morgan fingerprint density at radius 2 is 1.83 bits per heavy atom. The molecule has 30 heavy (non-hydrogen) atoms. The van der Waals surface area contributed by atoms with Gasteiger partial charge >= 0.3 is 0 Å². The molecule has 1 fully saturated rings. The number of thiophene rings is 1. The summed E-state index contributed by atoms with van der Waals surface area (Å²) in [6.07, 6.45) is 1.66. The van der Waals surface area contributed by atoms with Crippen molar-refractivity contribution in [3.8, 4) is 10.6 Å². The van der Waals surface area contributed by atoms with Gasteiger partial charge in [0.15, 0.2) is 0 Å². The molecule has 7 nitrogen and oxygen atoms in total. The van der Waals surface area contributed by atoms with E-state index in [1.807, 2.05) is 18.2 Å². The summed E-state index contributed by atoms with van der Waals surface area (Å²) in [7, 11) is 0. The molecule has 1 aliphatic heterocycles. The number of fused-ring (bicyclic) bond motifs is 1. The van der Waals surface area contributed by atoms with Gasteiger partial charge < -0.3 is 10.6 Å². The highest BCUT2D eigenvalue weighted by atomic mass is 32.1. The van der Waals surface area contributed by atoms with Crippen molar-refractivity contribution in [3.05, 3.63) is 58.7 Å². The number of aromatic nitrogens is 3. The lowest BCUT2D eigenvalue weighted by molar-refractivity contribution is 0.100. The van der Waals surface area contributed by atoms with Gasteiger partial charge in [0.1, 0.15) is 17.2 Å². The lowest BCUT2D eigenvalue weighted by Gasteiger charge is -2.35. The molecule has 0 aliphatic carbocycles. The van der Waals surface area contributed by atoms with E-state index in [0.717, 1.165) is 65.0 Å². The molecular formula is C21H20N6OS2. The van der Waals surface area contributed by atoms with Gasteiger partial charge in [-0.1, -0.05) is 12.1 Å². The Morgan fingerprint density at radius 1 is 1.03 bits per heavy atom. The zero-order valence-electron chi connectivity index (χ0n) is 16.2. The minimum Gasteiger partial charge on any atom is -0.366 e. The van der Waals surface area contributed by atoms with Crippen molar-refractivity contribution in [2.75, 3.05) is 31.1 Å². The summed E-state index contributed by atoms with van der Waals surface area (Å²) < 4.78 is 1.16. The molecular weight excluding hydrogens is 416 g/mol. The number of rotatable bonds is 5. The second kappa shape index (κ2) is 8.10. The maximum Gasteiger partial charge on any atom is 0.248 e. The van der Waals surface area contributed by atoms with Gasteiger partial charge in [-0.25, -0.2) is 15.0 Å². The molecule has 3 aromatic heterocycles. The standard InChI is InChI=1S/C21H20N6OS2/c22-19(28)14-1-3-15(4-2-14)21-25-16(12-30-21)11-26-6-8-27(9-7-26)20-18-17(5-10-29-18)23-13-24-20/h1-5,10,12-13H,6-9,11H2,(H2,22,28). The van der Waals surface area contributed by atoms with Crippen LogP contribution in [0.4, 0.5) is 5.82 Å². The van der Waals surface area contributed by atoms with Crippen LogP contribution in [0.2, 0.25) is 0 Å². The molecule has 4 aromatic rings. The number of thiazole rings is 1. The fraction of sp³-hybridized carbons (Fsp3) is 0.238. The molecule has 1 saturated heterocycles. The Balaban J connectivity index is 1.22. The molecule has 152 valence electrons. The highest BCUT2D eigenvalue weighted by Gasteiger charge is 2.21. The summed E-state index contributed by atoms with van der Waals surface area (Å²) in [6.45, 7) is 4.65. The van der Waals surface area contributed by atoms with Crippen molar-refractivity contribution in [2.45, 2.75) is 6.54 Å². The van der Waals surface area contributed by atoms with Crippen LogP contribution in [0.1, 0.15) is 16.1 Å². The number of nitrogens with zero attached hydrogens (tertiary/aromatic N) is 5. The molecule has 4 heterocycles. The smallest absolute Gasteiger partial charge is 0.248 e. The minimum absolute atomic E-state index is 0.415. The Hall–Kier alpha value is -2.88. The van der Waals surface area contributed by atoms with Crippen molar-refractivity contribution in [3.63, 3.8) is 0 Å². The largest absolute Gasteiger partial charge is 0.366 e. The van der Waals surface area contributed by atoms with Crippen molar-refractivity contribution in [2.24, 2.45) is 5.73 Å². The first-order valence-corrected chi connectivity index (χ1v) is 11.4. The van der Waals surface area contributed by atoms with Crippen molar-refractivity contribution < 1.29 is 4.79 Å². The summed E-state index contributed by atoms with van der Waals surface area (Å²) in [4.78, 5) is 29.7. The van der Waals surface area contributed by atoms with E-state index in [0.29, 0.717) is 5.56 Å². The molecule has 5 rings (SSSR count). The number of anilines is 1. The van der Waals surface area contributed by atoms with Crippen LogP contribution in [0.15, 0.2) is 47.4 Å².